The summed E-state index contributed by atoms with van der Waals surface area (Å²) in [6.45, 7) is 6.41. The third kappa shape index (κ3) is 2.46. The van der Waals surface area contributed by atoms with Crippen LogP contribution in [0.2, 0.25) is 0 Å². The molecular weight excluding hydrogens is 210 g/mol. The zero-order valence-electron chi connectivity index (χ0n) is 10.8. The molecule has 0 bridgehead atoms. The highest BCUT2D eigenvalue weighted by atomic mass is 16.1. The number of ketones is 1. The van der Waals surface area contributed by atoms with Crippen molar-refractivity contribution in [3.63, 3.8) is 0 Å². The van der Waals surface area contributed by atoms with E-state index in [9.17, 15) is 4.79 Å². The molecule has 0 amide bonds. The van der Waals surface area contributed by atoms with Crippen LogP contribution < -0.4 is 0 Å². The molecule has 0 radical (unpaired) electrons. The lowest BCUT2D eigenvalue weighted by Crippen LogP contribution is -2.20. The van der Waals surface area contributed by atoms with E-state index in [1.807, 2.05) is 6.07 Å². The molecule has 0 spiro atoms. The maximum Gasteiger partial charge on any atom is 0.181 e. The van der Waals surface area contributed by atoms with E-state index < -0.39 is 0 Å². The van der Waals surface area contributed by atoms with Gasteiger partial charge in [0.1, 0.15) is 0 Å². The van der Waals surface area contributed by atoms with E-state index in [2.05, 4.69) is 37.9 Å². The van der Waals surface area contributed by atoms with Crippen molar-refractivity contribution in [2.75, 3.05) is 0 Å². The van der Waals surface area contributed by atoms with Crippen LogP contribution in [-0.2, 0) is 11.2 Å². The first kappa shape index (κ1) is 12.0. The average Bonchev–Trinajstić information content (AvgIpc) is 2.29. The number of carbonyl (C=O) groups is 1. The zero-order chi connectivity index (χ0) is 12.4. The van der Waals surface area contributed by atoms with Crippen LogP contribution in [0.15, 0.2) is 23.2 Å². The lowest BCUT2D eigenvalue weighted by Gasteiger charge is -2.16. The van der Waals surface area contributed by atoms with Gasteiger partial charge >= 0.3 is 0 Å². The standard InChI is InChI=1S/C15H19NO/c1-4-5-14-15(17)9-12-8-11(10(2)3)6-7-13(12)16-14/h6-8,10H,4-5,9H2,1-3H3. The zero-order valence-corrected chi connectivity index (χ0v) is 10.8. The molecule has 90 valence electrons. The van der Waals surface area contributed by atoms with Gasteiger partial charge in [-0.05, 0) is 29.5 Å². The minimum atomic E-state index is 0.195. The Morgan fingerprint density at radius 2 is 2.12 bits per heavy atom. The minimum Gasteiger partial charge on any atom is -0.292 e. The van der Waals surface area contributed by atoms with E-state index in [0.29, 0.717) is 12.3 Å². The van der Waals surface area contributed by atoms with Crippen molar-refractivity contribution in [3.8, 4) is 0 Å². The second-order valence-electron chi connectivity index (χ2n) is 4.95. The first-order valence-electron chi connectivity index (χ1n) is 6.35. The summed E-state index contributed by atoms with van der Waals surface area (Å²) in [5.41, 5.74) is 4.10. The summed E-state index contributed by atoms with van der Waals surface area (Å²) in [6, 6.07) is 6.29. The largest absolute Gasteiger partial charge is 0.292 e. The molecule has 0 aliphatic carbocycles. The first-order chi connectivity index (χ1) is 8.11. The van der Waals surface area contributed by atoms with Gasteiger partial charge in [0.2, 0.25) is 0 Å². The highest BCUT2D eigenvalue weighted by Crippen LogP contribution is 2.28. The van der Waals surface area contributed by atoms with Crippen molar-refractivity contribution in [1.29, 1.82) is 0 Å². The predicted octanol–water partition coefficient (Wildman–Crippen LogP) is 3.81. The van der Waals surface area contributed by atoms with Crippen molar-refractivity contribution in [1.82, 2.24) is 0 Å². The Hall–Kier alpha value is -1.44. The molecule has 1 aromatic carbocycles. The Bertz CT molecular complexity index is 472. The fourth-order valence-corrected chi connectivity index (χ4v) is 2.13. The maximum absolute atomic E-state index is 11.9. The molecule has 0 saturated carbocycles. The number of aliphatic imine (C=N–C) groups is 1. The lowest BCUT2D eigenvalue weighted by molar-refractivity contribution is -0.112. The van der Waals surface area contributed by atoms with Gasteiger partial charge in [0, 0.05) is 6.42 Å². The van der Waals surface area contributed by atoms with E-state index in [0.717, 1.165) is 29.8 Å². The lowest BCUT2D eigenvalue weighted by atomic mass is 9.93. The molecule has 1 aliphatic rings. The quantitative estimate of drug-likeness (QED) is 0.775. The number of rotatable bonds is 3. The molecule has 2 rings (SSSR count). The minimum absolute atomic E-state index is 0.195. The Balaban J connectivity index is 2.38. The highest BCUT2D eigenvalue weighted by Gasteiger charge is 2.19. The predicted molar refractivity (Wildman–Crippen MR) is 71.2 cm³/mol. The number of Topliss-reactive ketones (excluding diaryl/α,β-unsaturated/α-hetero) is 1. The highest BCUT2D eigenvalue weighted by molar-refractivity contribution is 6.41. The van der Waals surface area contributed by atoms with E-state index in [1.165, 1.54) is 5.56 Å². The fraction of sp³-hybridized carbons (Fsp3) is 0.467. The summed E-state index contributed by atoms with van der Waals surface area (Å²) in [5, 5.41) is 0. The number of nitrogens with zero attached hydrogens (tertiary/aromatic N) is 1. The van der Waals surface area contributed by atoms with Gasteiger partial charge in [0.25, 0.3) is 0 Å². The van der Waals surface area contributed by atoms with Crippen LogP contribution in [0.3, 0.4) is 0 Å². The second kappa shape index (κ2) is 4.82. The molecule has 1 aliphatic heterocycles. The molecule has 2 heteroatoms. The number of hydrogen-bond acceptors (Lipinski definition) is 2. The number of benzene rings is 1. The summed E-state index contributed by atoms with van der Waals surface area (Å²) in [6.07, 6.45) is 2.29. The Kier molecular flexibility index (Phi) is 3.41. The smallest absolute Gasteiger partial charge is 0.181 e. The van der Waals surface area contributed by atoms with Crippen LogP contribution in [-0.4, -0.2) is 11.5 Å². The molecule has 0 unspecified atom stereocenters. The van der Waals surface area contributed by atoms with E-state index in [4.69, 9.17) is 0 Å². The number of hydrogen-bond donors (Lipinski definition) is 0. The van der Waals surface area contributed by atoms with Crippen molar-refractivity contribution in [3.05, 3.63) is 29.3 Å². The summed E-state index contributed by atoms with van der Waals surface area (Å²) in [4.78, 5) is 16.4. The van der Waals surface area contributed by atoms with E-state index in [1.54, 1.807) is 0 Å². The van der Waals surface area contributed by atoms with Gasteiger partial charge in [-0.25, -0.2) is 4.99 Å². The van der Waals surface area contributed by atoms with Crippen molar-refractivity contribution in [2.24, 2.45) is 4.99 Å². The van der Waals surface area contributed by atoms with Crippen molar-refractivity contribution < 1.29 is 4.79 Å². The normalized spacial score (nSPS) is 14.8. The molecule has 1 aromatic rings. The topological polar surface area (TPSA) is 29.4 Å². The summed E-state index contributed by atoms with van der Waals surface area (Å²) in [5.74, 6) is 0.691. The molecule has 0 aromatic heterocycles. The van der Waals surface area contributed by atoms with Gasteiger partial charge in [0.05, 0.1) is 11.4 Å². The van der Waals surface area contributed by atoms with Crippen LogP contribution in [0, 0.1) is 0 Å². The maximum atomic E-state index is 11.9. The van der Waals surface area contributed by atoms with Crippen LogP contribution in [0.5, 0.6) is 0 Å². The third-order valence-corrected chi connectivity index (χ3v) is 3.19. The molecule has 0 N–H and O–H groups in total. The van der Waals surface area contributed by atoms with Gasteiger partial charge in [-0.3, -0.25) is 4.79 Å². The van der Waals surface area contributed by atoms with Gasteiger partial charge in [-0.1, -0.05) is 39.3 Å². The molecular formula is C15H19NO. The monoisotopic (exact) mass is 229 g/mol. The SMILES string of the molecule is CCCC1=Nc2ccc(C(C)C)cc2CC1=O. The molecule has 0 fully saturated rings. The molecule has 2 nitrogen and oxygen atoms in total. The Labute approximate surface area is 103 Å². The van der Waals surface area contributed by atoms with E-state index >= 15 is 0 Å². The van der Waals surface area contributed by atoms with Crippen molar-refractivity contribution in [2.45, 2.75) is 46.0 Å². The first-order valence-corrected chi connectivity index (χ1v) is 6.35. The average molecular weight is 229 g/mol. The number of carbonyl (C=O) groups excluding carboxylic acids is 1. The van der Waals surface area contributed by atoms with Gasteiger partial charge in [-0.2, -0.15) is 0 Å². The van der Waals surface area contributed by atoms with Crippen LogP contribution in [0.4, 0.5) is 5.69 Å². The molecule has 1 heterocycles. The van der Waals surface area contributed by atoms with Crippen LogP contribution in [0.1, 0.15) is 50.7 Å². The van der Waals surface area contributed by atoms with Crippen molar-refractivity contribution >= 4 is 17.2 Å². The molecule has 0 atom stereocenters. The summed E-state index contributed by atoms with van der Waals surface area (Å²) >= 11 is 0. The summed E-state index contributed by atoms with van der Waals surface area (Å²) in [7, 11) is 0. The van der Waals surface area contributed by atoms with Gasteiger partial charge in [0.15, 0.2) is 5.78 Å². The van der Waals surface area contributed by atoms with Crippen LogP contribution >= 0.6 is 0 Å². The van der Waals surface area contributed by atoms with Gasteiger partial charge < -0.3 is 0 Å². The fourth-order valence-electron chi connectivity index (χ4n) is 2.13. The van der Waals surface area contributed by atoms with Gasteiger partial charge in [-0.15, -0.1) is 0 Å². The van der Waals surface area contributed by atoms with E-state index in [-0.39, 0.29) is 5.78 Å². The van der Waals surface area contributed by atoms with Crippen LogP contribution in [0.25, 0.3) is 0 Å². The molecule has 0 saturated heterocycles. The molecule has 17 heavy (non-hydrogen) atoms. The number of fused-ring (bicyclic) bond motifs is 1. The Morgan fingerprint density at radius 1 is 1.35 bits per heavy atom. The second-order valence-corrected chi connectivity index (χ2v) is 4.95. The third-order valence-electron chi connectivity index (χ3n) is 3.19. The summed E-state index contributed by atoms with van der Waals surface area (Å²) < 4.78 is 0. The Morgan fingerprint density at radius 3 is 2.76 bits per heavy atom.